The van der Waals surface area contributed by atoms with Crippen LogP contribution in [-0.2, 0) is 6.18 Å². The van der Waals surface area contributed by atoms with Crippen molar-refractivity contribution in [1.82, 2.24) is 0 Å². The molecule has 1 rings (SSSR count). The van der Waals surface area contributed by atoms with Gasteiger partial charge < -0.3 is 5.32 Å². The van der Waals surface area contributed by atoms with Gasteiger partial charge in [-0.15, -0.1) is 0 Å². The molecule has 0 radical (unpaired) electrons. The third kappa shape index (κ3) is 5.45. The summed E-state index contributed by atoms with van der Waals surface area (Å²) in [5, 5.41) is 13.6. The zero-order valence-electron chi connectivity index (χ0n) is 11.7. The summed E-state index contributed by atoms with van der Waals surface area (Å²) in [5.41, 5.74) is -1.92. The molecule has 1 atom stereocenters. The van der Waals surface area contributed by atoms with Crippen LogP contribution in [0, 0.1) is 10.1 Å². The molecule has 0 saturated heterocycles. The van der Waals surface area contributed by atoms with E-state index >= 15 is 0 Å². The molecule has 0 saturated carbocycles. The van der Waals surface area contributed by atoms with Crippen molar-refractivity contribution in [3.63, 3.8) is 0 Å². The monoisotopic (exact) mass is 322 g/mol. The smallest absolute Gasteiger partial charge is 0.383 e. The first kappa shape index (κ1) is 17.6. The number of thioether (sulfide) groups is 1. The van der Waals surface area contributed by atoms with Gasteiger partial charge in [0.1, 0.15) is 5.56 Å². The average molecular weight is 322 g/mol. The number of anilines is 1. The number of alkyl halides is 3. The lowest BCUT2D eigenvalue weighted by molar-refractivity contribution is -0.388. The van der Waals surface area contributed by atoms with Gasteiger partial charge in [0.05, 0.1) is 4.92 Å². The third-order valence-corrected chi connectivity index (χ3v) is 3.74. The molecule has 0 spiro atoms. The van der Waals surface area contributed by atoms with Crippen molar-refractivity contribution < 1.29 is 18.1 Å². The number of nitrogens with zero attached hydrogens (tertiary/aromatic N) is 1. The Hall–Kier alpha value is -1.44. The summed E-state index contributed by atoms with van der Waals surface area (Å²) < 4.78 is 38.5. The molecule has 0 aliphatic carbocycles. The Kier molecular flexibility index (Phi) is 6.32. The van der Waals surface area contributed by atoms with Gasteiger partial charge in [0, 0.05) is 17.8 Å². The number of halogens is 3. The van der Waals surface area contributed by atoms with Gasteiger partial charge in [-0.2, -0.15) is 24.9 Å². The number of nitrogens with one attached hydrogen (secondary N) is 1. The van der Waals surface area contributed by atoms with Gasteiger partial charge in [-0.1, -0.05) is 6.92 Å². The van der Waals surface area contributed by atoms with Gasteiger partial charge in [0.15, 0.2) is 0 Å². The van der Waals surface area contributed by atoms with E-state index in [1.807, 2.05) is 13.8 Å². The van der Waals surface area contributed by atoms with Crippen LogP contribution in [0.25, 0.3) is 0 Å². The van der Waals surface area contributed by atoms with Crippen molar-refractivity contribution in [2.24, 2.45) is 0 Å². The van der Waals surface area contributed by atoms with Gasteiger partial charge in [-0.25, -0.2) is 0 Å². The Balaban J connectivity index is 2.88. The van der Waals surface area contributed by atoms with Crippen LogP contribution in [0.3, 0.4) is 0 Å². The number of rotatable bonds is 7. The van der Waals surface area contributed by atoms with Crippen molar-refractivity contribution in [2.75, 3.05) is 16.8 Å². The number of hydrogen-bond acceptors (Lipinski definition) is 4. The number of benzene rings is 1. The molecule has 0 amide bonds. The Labute approximate surface area is 125 Å². The number of hydrogen-bond donors (Lipinski definition) is 1. The maximum absolute atomic E-state index is 12.8. The Bertz CT molecular complexity index is 495. The fraction of sp³-hybridized carbons (Fsp3) is 0.538. The summed E-state index contributed by atoms with van der Waals surface area (Å²) in [4.78, 5) is 9.64. The summed E-state index contributed by atoms with van der Waals surface area (Å²) in [6.07, 6.45) is -3.95. The molecule has 4 nitrogen and oxygen atoms in total. The highest BCUT2D eigenvalue weighted by Gasteiger charge is 2.38. The zero-order valence-corrected chi connectivity index (χ0v) is 12.6. The molecular weight excluding hydrogens is 305 g/mol. The van der Waals surface area contributed by atoms with E-state index in [1.165, 1.54) is 6.07 Å². The van der Waals surface area contributed by atoms with Crippen molar-refractivity contribution in [1.29, 1.82) is 0 Å². The standard InChI is InChI=1S/C13H17F3N2O2S/c1-3-21-7-6-9(2)17-10-4-5-12(18(19)20)11(8-10)13(14,15)16/h4-5,8-9,17H,3,6-7H2,1-2H3. The molecule has 1 N–H and O–H groups in total. The second kappa shape index (κ2) is 7.53. The highest BCUT2D eigenvalue weighted by molar-refractivity contribution is 7.99. The summed E-state index contributed by atoms with van der Waals surface area (Å²) in [7, 11) is 0. The van der Waals surface area contributed by atoms with Crippen LogP contribution < -0.4 is 5.32 Å². The van der Waals surface area contributed by atoms with Crippen molar-refractivity contribution in [3.8, 4) is 0 Å². The predicted molar refractivity (Wildman–Crippen MR) is 78.8 cm³/mol. The van der Waals surface area contributed by atoms with Crippen LogP contribution in [0.5, 0.6) is 0 Å². The van der Waals surface area contributed by atoms with Crippen molar-refractivity contribution >= 4 is 23.1 Å². The Morgan fingerprint density at radius 2 is 2.10 bits per heavy atom. The van der Waals surface area contributed by atoms with Gasteiger partial charge in [0.2, 0.25) is 0 Å². The van der Waals surface area contributed by atoms with Crippen molar-refractivity contribution in [2.45, 2.75) is 32.5 Å². The van der Waals surface area contributed by atoms with E-state index in [4.69, 9.17) is 0 Å². The largest absolute Gasteiger partial charge is 0.423 e. The van der Waals surface area contributed by atoms with E-state index in [2.05, 4.69) is 5.32 Å². The third-order valence-electron chi connectivity index (χ3n) is 2.81. The molecule has 0 aliphatic rings. The van der Waals surface area contributed by atoms with Crippen LogP contribution >= 0.6 is 11.8 Å². The predicted octanol–water partition coefficient (Wildman–Crippen LogP) is 4.56. The molecule has 0 fully saturated rings. The fourth-order valence-electron chi connectivity index (χ4n) is 1.77. The average Bonchev–Trinajstić information content (AvgIpc) is 2.37. The molecule has 0 bridgehead atoms. The van der Waals surface area contributed by atoms with Gasteiger partial charge >= 0.3 is 6.18 Å². The van der Waals surface area contributed by atoms with E-state index < -0.39 is 22.4 Å². The summed E-state index contributed by atoms with van der Waals surface area (Å²) in [6.45, 7) is 3.90. The molecule has 21 heavy (non-hydrogen) atoms. The lowest BCUT2D eigenvalue weighted by Crippen LogP contribution is -2.17. The van der Waals surface area contributed by atoms with E-state index in [0.717, 1.165) is 30.1 Å². The quantitative estimate of drug-likeness (QED) is 0.454. The van der Waals surface area contributed by atoms with Crippen LogP contribution in [0.2, 0.25) is 0 Å². The maximum Gasteiger partial charge on any atom is 0.423 e. The topological polar surface area (TPSA) is 55.2 Å². The Morgan fingerprint density at radius 3 is 2.62 bits per heavy atom. The second-order valence-corrected chi connectivity index (χ2v) is 5.91. The first-order valence-electron chi connectivity index (χ1n) is 6.45. The molecule has 1 aromatic carbocycles. The fourth-order valence-corrected chi connectivity index (χ4v) is 2.58. The highest BCUT2D eigenvalue weighted by atomic mass is 32.2. The number of nitro groups is 1. The summed E-state index contributed by atoms with van der Waals surface area (Å²) in [5.74, 6) is 1.90. The SMILES string of the molecule is CCSCCC(C)Nc1ccc([N+](=O)[O-])c(C(F)(F)F)c1. The minimum atomic E-state index is -4.75. The van der Waals surface area contributed by atoms with Gasteiger partial charge in [0.25, 0.3) is 5.69 Å². The lowest BCUT2D eigenvalue weighted by atomic mass is 10.1. The van der Waals surface area contributed by atoms with Crippen LogP contribution in [0.4, 0.5) is 24.5 Å². The molecule has 8 heteroatoms. The Morgan fingerprint density at radius 1 is 1.43 bits per heavy atom. The van der Waals surface area contributed by atoms with Crippen LogP contribution in [-0.4, -0.2) is 22.5 Å². The molecular formula is C13H17F3N2O2S. The van der Waals surface area contributed by atoms with Gasteiger partial charge in [-0.05, 0) is 37.0 Å². The molecule has 0 aliphatic heterocycles. The lowest BCUT2D eigenvalue weighted by Gasteiger charge is -2.16. The van der Waals surface area contributed by atoms with Crippen LogP contribution in [0.1, 0.15) is 25.8 Å². The summed E-state index contributed by atoms with van der Waals surface area (Å²) in [6, 6.07) is 2.98. The molecule has 0 aromatic heterocycles. The number of nitro benzene ring substituents is 1. The highest BCUT2D eigenvalue weighted by Crippen LogP contribution is 2.37. The minimum Gasteiger partial charge on any atom is -0.383 e. The van der Waals surface area contributed by atoms with Crippen molar-refractivity contribution in [3.05, 3.63) is 33.9 Å². The summed E-state index contributed by atoms with van der Waals surface area (Å²) >= 11 is 1.75. The molecule has 0 heterocycles. The van der Waals surface area contributed by atoms with E-state index in [-0.39, 0.29) is 11.7 Å². The second-order valence-electron chi connectivity index (χ2n) is 4.52. The van der Waals surface area contributed by atoms with E-state index in [0.29, 0.717) is 0 Å². The molecule has 1 aromatic rings. The van der Waals surface area contributed by atoms with Crippen LogP contribution in [0.15, 0.2) is 18.2 Å². The minimum absolute atomic E-state index is 0.00779. The maximum atomic E-state index is 12.8. The van der Waals surface area contributed by atoms with E-state index in [1.54, 1.807) is 11.8 Å². The molecule has 1 unspecified atom stereocenters. The van der Waals surface area contributed by atoms with Gasteiger partial charge in [-0.3, -0.25) is 10.1 Å². The first-order valence-corrected chi connectivity index (χ1v) is 7.61. The normalized spacial score (nSPS) is 13.0. The first-order chi connectivity index (χ1) is 9.75. The molecule has 118 valence electrons. The van der Waals surface area contributed by atoms with E-state index in [9.17, 15) is 23.3 Å². The zero-order chi connectivity index (χ0) is 16.0.